The summed E-state index contributed by atoms with van der Waals surface area (Å²) in [5, 5.41) is 0. The molecule has 0 aliphatic carbocycles. The van der Waals surface area contributed by atoms with Crippen molar-refractivity contribution < 1.29 is 4.39 Å². The van der Waals surface area contributed by atoms with Crippen LogP contribution in [0.15, 0.2) is 48.8 Å². The van der Waals surface area contributed by atoms with Crippen molar-refractivity contribution in [3.8, 4) is 11.1 Å². The van der Waals surface area contributed by atoms with Gasteiger partial charge in [0.2, 0.25) is 0 Å². The van der Waals surface area contributed by atoms with Crippen LogP contribution in [0.25, 0.3) is 16.6 Å². The van der Waals surface area contributed by atoms with E-state index >= 15 is 0 Å². The first-order valence-corrected chi connectivity index (χ1v) is 5.70. The molecule has 1 aromatic carbocycles. The number of imidazole rings is 1. The van der Waals surface area contributed by atoms with Crippen LogP contribution in [0.4, 0.5) is 4.39 Å². The molecule has 3 nitrogen and oxygen atoms in total. The number of hydrogen-bond acceptors (Lipinski definition) is 2. The Hall–Kier alpha value is -2.20. The van der Waals surface area contributed by atoms with Gasteiger partial charge in [-0.15, -0.1) is 0 Å². The van der Waals surface area contributed by atoms with E-state index in [2.05, 4.69) is 4.98 Å². The number of halogens is 1. The molecule has 0 spiro atoms. The zero-order valence-corrected chi connectivity index (χ0v) is 9.68. The van der Waals surface area contributed by atoms with Gasteiger partial charge in [-0.05, 0) is 23.8 Å². The molecule has 3 aromatic rings. The number of rotatable bonds is 2. The number of pyridine rings is 1. The lowest BCUT2D eigenvalue weighted by Crippen LogP contribution is -2.02. The summed E-state index contributed by atoms with van der Waals surface area (Å²) < 4.78 is 15.2. The molecule has 0 saturated heterocycles. The Morgan fingerprint density at radius 2 is 2.11 bits per heavy atom. The van der Waals surface area contributed by atoms with Gasteiger partial charge in [0.1, 0.15) is 11.6 Å². The van der Waals surface area contributed by atoms with Crippen LogP contribution < -0.4 is 5.73 Å². The maximum absolute atomic E-state index is 13.3. The molecule has 0 amide bonds. The minimum Gasteiger partial charge on any atom is -0.324 e. The normalized spacial score (nSPS) is 11.0. The van der Waals surface area contributed by atoms with Crippen LogP contribution in [-0.2, 0) is 6.54 Å². The van der Waals surface area contributed by atoms with Crippen molar-refractivity contribution in [1.29, 1.82) is 0 Å². The molecular weight excluding hydrogens is 229 g/mol. The van der Waals surface area contributed by atoms with E-state index < -0.39 is 0 Å². The highest BCUT2D eigenvalue weighted by Crippen LogP contribution is 2.25. The first-order chi connectivity index (χ1) is 8.79. The molecule has 3 rings (SSSR count). The molecule has 2 aromatic heterocycles. The van der Waals surface area contributed by atoms with E-state index in [1.165, 1.54) is 12.1 Å². The third-order valence-corrected chi connectivity index (χ3v) is 2.97. The Morgan fingerprint density at radius 3 is 2.89 bits per heavy atom. The lowest BCUT2D eigenvalue weighted by Gasteiger charge is -2.05. The minimum absolute atomic E-state index is 0.243. The van der Waals surface area contributed by atoms with Gasteiger partial charge in [0.15, 0.2) is 0 Å². The molecule has 0 aliphatic heterocycles. The van der Waals surface area contributed by atoms with Crippen LogP contribution in [0.5, 0.6) is 0 Å². The van der Waals surface area contributed by atoms with Gasteiger partial charge in [-0.25, -0.2) is 9.37 Å². The number of benzene rings is 1. The lowest BCUT2D eigenvalue weighted by atomic mass is 10.1. The van der Waals surface area contributed by atoms with Gasteiger partial charge in [-0.1, -0.05) is 18.2 Å². The molecule has 2 heterocycles. The molecule has 4 heteroatoms. The monoisotopic (exact) mass is 241 g/mol. The van der Waals surface area contributed by atoms with Crippen molar-refractivity contribution in [3.63, 3.8) is 0 Å². The van der Waals surface area contributed by atoms with Crippen LogP contribution >= 0.6 is 0 Å². The summed E-state index contributed by atoms with van der Waals surface area (Å²) in [6.07, 6.45) is 3.68. The number of nitrogens with two attached hydrogens (primary N) is 1. The molecule has 0 radical (unpaired) electrons. The highest BCUT2D eigenvalue weighted by atomic mass is 19.1. The van der Waals surface area contributed by atoms with Crippen molar-refractivity contribution in [2.45, 2.75) is 6.54 Å². The van der Waals surface area contributed by atoms with E-state index in [4.69, 9.17) is 5.73 Å². The van der Waals surface area contributed by atoms with Gasteiger partial charge in [-0.3, -0.25) is 0 Å². The van der Waals surface area contributed by atoms with E-state index in [1.807, 2.05) is 28.8 Å². The predicted octanol–water partition coefficient (Wildman–Crippen LogP) is 2.60. The Balaban J connectivity index is 2.26. The van der Waals surface area contributed by atoms with Crippen LogP contribution in [0, 0.1) is 5.82 Å². The molecule has 0 saturated carbocycles. The molecule has 0 fully saturated rings. The summed E-state index contributed by atoms with van der Waals surface area (Å²) in [4.78, 5) is 4.27. The van der Waals surface area contributed by atoms with Crippen molar-refractivity contribution in [3.05, 3.63) is 60.4 Å². The molecule has 0 atom stereocenters. The fourth-order valence-corrected chi connectivity index (χ4v) is 2.13. The van der Waals surface area contributed by atoms with E-state index in [9.17, 15) is 4.39 Å². The molecule has 90 valence electrons. The second-order valence-corrected chi connectivity index (χ2v) is 4.07. The zero-order valence-electron chi connectivity index (χ0n) is 9.68. The fraction of sp³-hybridized carbons (Fsp3) is 0.0714. The molecule has 0 aliphatic rings. The quantitative estimate of drug-likeness (QED) is 0.749. The highest BCUT2D eigenvalue weighted by Gasteiger charge is 2.08. The third kappa shape index (κ3) is 1.67. The maximum Gasteiger partial charge on any atom is 0.127 e. The summed E-state index contributed by atoms with van der Waals surface area (Å²) in [6, 6.07) is 10.4. The number of hydrogen-bond donors (Lipinski definition) is 1. The Kier molecular flexibility index (Phi) is 2.57. The molecule has 2 N–H and O–H groups in total. The lowest BCUT2D eigenvalue weighted by molar-refractivity contribution is 0.628. The minimum atomic E-state index is -0.243. The van der Waals surface area contributed by atoms with E-state index in [0.717, 1.165) is 22.5 Å². The summed E-state index contributed by atoms with van der Waals surface area (Å²) >= 11 is 0. The molecule has 18 heavy (non-hydrogen) atoms. The largest absolute Gasteiger partial charge is 0.324 e. The van der Waals surface area contributed by atoms with Gasteiger partial charge in [-0.2, -0.15) is 0 Å². The van der Waals surface area contributed by atoms with Crippen molar-refractivity contribution >= 4 is 5.52 Å². The fourth-order valence-electron chi connectivity index (χ4n) is 2.13. The molecule has 0 bridgehead atoms. The van der Waals surface area contributed by atoms with Crippen LogP contribution in [0.3, 0.4) is 0 Å². The van der Waals surface area contributed by atoms with Crippen molar-refractivity contribution in [1.82, 2.24) is 9.38 Å². The van der Waals surface area contributed by atoms with Crippen molar-refractivity contribution in [2.24, 2.45) is 5.73 Å². The maximum atomic E-state index is 13.3. The van der Waals surface area contributed by atoms with E-state index in [-0.39, 0.29) is 5.82 Å². The molecule has 0 unspecified atom stereocenters. The average Bonchev–Trinajstić information content (AvgIpc) is 2.81. The standard InChI is InChI=1S/C14H12FN3/c15-11-4-1-3-10(7-11)12-5-2-6-18-13(12)9-17-14(18)8-16/h1-7,9H,8,16H2. The Bertz CT molecular complexity index is 703. The molecular formula is C14H12FN3. The van der Waals surface area contributed by atoms with E-state index in [0.29, 0.717) is 6.54 Å². The van der Waals surface area contributed by atoms with Gasteiger partial charge in [0, 0.05) is 11.8 Å². The van der Waals surface area contributed by atoms with Gasteiger partial charge >= 0.3 is 0 Å². The van der Waals surface area contributed by atoms with Gasteiger partial charge in [0.25, 0.3) is 0 Å². The second-order valence-electron chi connectivity index (χ2n) is 4.07. The topological polar surface area (TPSA) is 43.3 Å². The number of aromatic nitrogens is 2. The van der Waals surface area contributed by atoms with Gasteiger partial charge in [0.05, 0.1) is 18.3 Å². The predicted molar refractivity (Wildman–Crippen MR) is 68.5 cm³/mol. The van der Waals surface area contributed by atoms with Gasteiger partial charge < -0.3 is 10.1 Å². The Labute approximate surface area is 104 Å². The smallest absolute Gasteiger partial charge is 0.127 e. The zero-order chi connectivity index (χ0) is 12.5. The second kappa shape index (κ2) is 4.23. The van der Waals surface area contributed by atoms with E-state index in [1.54, 1.807) is 12.3 Å². The summed E-state index contributed by atoms with van der Waals surface area (Å²) in [5.41, 5.74) is 8.35. The number of fused-ring (bicyclic) bond motifs is 1. The highest BCUT2D eigenvalue weighted by molar-refractivity contribution is 5.79. The van der Waals surface area contributed by atoms with Crippen LogP contribution in [0.2, 0.25) is 0 Å². The van der Waals surface area contributed by atoms with Crippen LogP contribution in [-0.4, -0.2) is 9.38 Å². The summed E-state index contributed by atoms with van der Waals surface area (Å²) in [7, 11) is 0. The van der Waals surface area contributed by atoms with Crippen LogP contribution in [0.1, 0.15) is 5.82 Å². The summed E-state index contributed by atoms with van der Waals surface area (Å²) in [5.74, 6) is 0.552. The van der Waals surface area contributed by atoms with Crippen molar-refractivity contribution in [2.75, 3.05) is 0 Å². The first-order valence-electron chi connectivity index (χ1n) is 5.70. The summed E-state index contributed by atoms with van der Waals surface area (Å²) in [6.45, 7) is 0.376. The average molecular weight is 241 g/mol. The SMILES string of the molecule is NCc1ncc2c(-c3cccc(F)c3)cccn12. The first kappa shape index (κ1) is 10.9. The third-order valence-electron chi connectivity index (χ3n) is 2.97. The number of nitrogens with zero attached hydrogens (tertiary/aromatic N) is 2. The Morgan fingerprint density at radius 1 is 1.22 bits per heavy atom.